The molecule has 6 heteroatoms. The number of nitrogens with zero attached hydrogens (tertiary/aromatic N) is 2. The molecule has 2 aromatic carbocycles. The van der Waals surface area contributed by atoms with Crippen molar-refractivity contribution in [2.45, 2.75) is 39.8 Å². The quantitative estimate of drug-likeness (QED) is 0.565. The minimum absolute atomic E-state index is 0.0300. The van der Waals surface area contributed by atoms with Gasteiger partial charge in [0.1, 0.15) is 6.54 Å². The number of amides is 1. The predicted molar refractivity (Wildman–Crippen MR) is 114 cm³/mol. The highest BCUT2D eigenvalue weighted by molar-refractivity contribution is 7.71. The van der Waals surface area contributed by atoms with Crippen LogP contribution >= 0.6 is 12.2 Å². The second-order valence-electron chi connectivity index (χ2n) is 7.46. The third-order valence-electron chi connectivity index (χ3n) is 4.61. The number of aromatic amines is 1. The van der Waals surface area contributed by atoms with Crippen LogP contribution in [0.1, 0.15) is 37.4 Å². The van der Waals surface area contributed by atoms with Crippen molar-refractivity contribution in [2.75, 3.05) is 0 Å². The zero-order valence-corrected chi connectivity index (χ0v) is 17.3. The molecule has 0 radical (unpaired) electrons. The summed E-state index contributed by atoms with van der Waals surface area (Å²) in [5.74, 6) is 1.05. The van der Waals surface area contributed by atoms with Gasteiger partial charge in [-0.15, -0.1) is 0 Å². The van der Waals surface area contributed by atoms with Crippen LogP contribution in [-0.4, -0.2) is 20.7 Å². The van der Waals surface area contributed by atoms with E-state index in [-0.39, 0.29) is 18.5 Å². The first-order valence-electron chi connectivity index (χ1n) is 9.50. The van der Waals surface area contributed by atoms with Gasteiger partial charge in [0.25, 0.3) is 0 Å². The van der Waals surface area contributed by atoms with E-state index in [1.165, 1.54) is 5.56 Å². The Morgan fingerprint density at radius 3 is 2.46 bits per heavy atom. The lowest BCUT2D eigenvalue weighted by molar-refractivity contribution is -0.122. The Kier molecular flexibility index (Phi) is 6.41. The van der Waals surface area contributed by atoms with E-state index in [1.54, 1.807) is 4.57 Å². The van der Waals surface area contributed by atoms with Crippen molar-refractivity contribution in [3.05, 3.63) is 70.5 Å². The molecule has 0 fully saturated rings. The number of hydrogen-bond acceptors (Lipinski definition) is 3. The van der Waals surface area contributed by atoms with E-state index in [4.69, 9.17) is 12.2 Å². The maximum atomic E-state index is 12.8. The van der Waals surface area contributed by atoms with Crippen LogP contribution in [0.4, 0.5) is 0 Å². The number of rotatable bonds is 7. The molecule has 0 bridgehead atoms. The molecule has 1 amide bonds. The number of benzene rings is 2. The van der Waals surface area contributed by atoms with Crippen molar-refractivity contribution in [3.63, 3.8) is 0 Å². The van der Waals surface area contributed by atoms with Crippen molar-refractivity contribution >= 4 is 18.1 Å². The van der Waals surface area contributed by atoms with Gasteiger partial charge in [0, 0.05) is 5.56 Å². The minimum atomic E-state index is -0.0830. The van der Waals surface area contributed by atoms with Crippen LogP contribution < -0.4 is 5.32 Å². The first-order chi connectivity index (χ1) is 13.4. The van der Waals surface area contributed by atoms with Gasteiger partial charge in [0.15, 0.2) is 10.6 Å². The molecule has 0 aliphatic rings. The number of H-pyrrole nitrogens is 1. The van der Waals surface area contributed by atoms with Crippen LogP contribution in [0.3, 0.4) is 0 Å². The van der Waals surface area contributed by atoms with Crippen molar-refractivity contribution < 1.29 is 4.79 Å². The van der Waals surface area contributed by atoms with Crippen LogP contribution in [0.25, 0.3) is 11.4 Å². The summed E-state index contributed by atoms with van der Waals surface area (Å²) in [6.07, 6.45) is 0.872. The molecule has 1 unspecified atom stereocenters. The molecular weight excluding hydrogens is 368 g/mol. The fraction of sp³-hybridized carbons (Fsp3) is 0.318. The molecule has 5 nitrogen and oxygen atoms in total. The van der Waals surface area contributed by atoms with Crippen LogP contribution in [-0.2, 0) is 11.3 Å². The van der Waals surface area contributed by atoms with E-state index in [0.717, 1.165) is 17.5 Å². The molecule has 0 aliphatic heterocycles. The Morgan fingerprint density at radius 2 is 1.82 bits per heavy atom. The van der Waals surface area contributed by atoms with E-state index in [2.05, 4.69) is 41.5 Å². The van der Waals surface area contributed by atoms with Crippen LogP contribution in [0.15, 0.2) is 54.6 Å². The van der Waals surface area contributed by atoms with Gasteiger partial charge in [-0.3, -0.25) is 14.5 Å². The monoisotopic (exact) mass is 394 g/mol. The van der Waals surface area contributed by atoms with Crippen molar-refractivity contribution in [1.82, 2.24) is 20.1 Å². The largest absolute Gasteiger partial charge is 0.348 e. The summed E-state index contributed by atoms with van der Waals surface area (Å²) in [6, 6.07) is 18.1. The standard InChI is InChI=1S/C22H26N4OS/c1-15(2)13-19(17-7-5-4-6-8-17)23-20(27)14-26-21(24-25-22(26)28)18-11-9-16(3)10-12-18/h4-12,15,19H,13-14H2,1-3H3,(H,23,27)(H,25,28). The van der Waals surface area contributed by atoms with Gasteiger partial charge in [-0.1, -0.05) is 74.0 Å². The van der Waals surface area contributed by atoms with Gasteiger partial charge >= 0.3 is 0 Å². The van der Waals surface area contributed by atoms with Crippen LogP contribution in [0.5, 0.6) is 0 Å². The summed E-state index contributed by atoms with van der Waals surface area (Å²) >= 11 is 5.36. The van der Waals surface area contributed by atoms with Gasteiger partial charge in [-0.05, 0) is 37.0 Å². The van der Waals surface area contributed by atoms with Gasteiger partial charge < -0.3 is 5.32 Å². The second kappa shape index (κ2) is 8.97. The topological polar surface area (TPSA) is 62.7 Å². The maximum absolute atomic E-state index is 12.8. The molecule has 146 valence electrons. The van der Waals surface area contributed by atoms with E-state index < -0.39 is 0 Å². The summed E-state index contributed by atoms with van der Waals surface area (Å²) in [5, 5.41) is 10.3. The lowest BCUT2D eigenvalue weighted by atomic mass is 9.97. The fourth-order valence-corrected chi connectivity index (χ4v) is 3.40. The average Bonchev–Trinajstić information content (AvgIpc) is 3.02. The summed E-state index contributed by atoms with van der Waals surface area (Å²) in [4.78, 5) is 12.8. The van der Waals surface area contributed by atoms with Gasteiger partial charge in [0.2, 0.25) is 5.91 Å². The number of aromatic nitrogens is 3. The van der Waals surface area contributed by atoms with Gasteiger partial charge in [0.05, 0.1) is 6.04 Å². The van der Waals surface area contributed by atoms with Crippen molar-refractivity contribution in [1.29, 1.82) is 0 Å². The molecule has 0 aliphatic carbocycles. The predicted octanol–water partition coefficient (Wildman–Crippen LogP) is 4.82. The van der Waals surface area contributed by atoms with Crippen molar-refractivity contribution in [3.8, 4) is 11.4 Å². The fourth-order valence-electron chi connectivity index (χ4n) is 3.21. The number of carbonyl (C=O) groups is 1. The Bertz CT molecular complexity index is 974. The summed E-state index contributed by atoms with van der Waals surface area (Å²) in [7, 11) is 0. The van der Waals surface area contributed by atoms with E-state index >= 15 is 0 Å². The second-order valence-corrected chi connectivity index (χ2v) is 7.85. The van der Waals surface area contributed by atoms with Crippen molar-refractivity contribution in [2.24, 2.45) is 5.92 Å². The molecule has 3 rings (SSSR count). The third-order valence-corrected chi connectivity index (χ3v) is 4.93. The highest BCUT2D eigenvalue weighted by Crippen LogP contribution is 2.22. The molecule has 1 atom stereocenters. The molecule has 0 saturated heterocycles. The number of nitrogens with one attached hydrogen (secondary N) is 2. The molecule has 1 aromatic heterocycles. The number of carbonyl (C=O) groups excluding carboxylic acids is 1. The molecular formula is C22H26N4OS. The Morgan fingerprint density at radius 1 is 1.14 bits per heavy atom. The lowest BCUT2D eigenvalue weighted by Crippen LogP contribution is -2.32. The summed E-state index contributed by atoms with van der Waals surface area (Å²) < 4.78 is 2.18. The zero-order chi connectivity index (χ0) is 20.1. The van der Waals surface area contributed by atoms with Gasteiger partial charge in [-0.25, -0.2) is 0 Å². The SMILES string of the molecule is Cc1ccc(-c2n[nH]c(=S)n2CC(=O)NC(CC(C)C)c2ccccc2)cc1. The molecule has 28 heavy (non-hydrogen) atoms. The molecule has 2 N–H and O–H groups in total. The highest BCUT2D eigenvalue weighted by Gasteiger charge is 2.18. The van der Waals surface area contributed by atoms with Gasteiger partial charge in [-0.2, -0.15) is 5.10 Å². The zero-order valence-electron chi connectivity index (χ0n) is 16.5. The van der Waals surface area contributed by atoms with E-state index in [9.17, 15) is 4.79 Å². The normalized spacial score (nSPS) is 12.1. The summed E-state index contributed by atoms with van der Waals surface area (Å²) in [5.41, 5.74) is 3.20. The average molecular weight is 395 g/mol. The first-order valence-corrected chi connectivity index (χ1v) is 9.91. The Hall–Kier alpha value is -2.73. The molecule has 0 saturated carbocycles. The Balaban J connectivity index is 1.80. The molecule has 0 spiro atoms. The highest BCUT2D eigenvalue weighted by atomic mass is 32.1. The molecule has 3 aromatic rings. The number of hydrogen-bond donors (Lipinski definition) is 2. The molecule has 1 heterocycles. The van der Waals surface area contributed by atoms with E-state index in [0.29, 0.717) is 16.5 Å². The summed E-state index contributed by atoms with van der Waals surface area (Å²) in [6.45, 7) is 6.47. The smallest absolute Gasteiger partial charge is 0.240 e. The first kappa shape index (κ1) is 20.0. The van der Waals surface area contributed by atoms with E-state index in [1.807, 2.05) is 49.4 Å². The van der Waals surface area contributed by atoms with Crippen LogP contribution in [0, 0.1) is 17.6 Å². The lowest BCUT2D eigenvalue weighted by Gasteiger charge is -2.21. The van der Waals surface area contributed by atoms with Crippen LogP contribution in [0.2, 0.25) is 0 Å². The third kappa shape index (κ3) is 4.95. The Labute approximate surface area is 170 Å². The number of aryl methyl sites for hydroxylation is 1. The minimum Gasteiger partial charge on any atom is -0.348 e. The maximum Gasteiger partial charge on any atom is 0.240 e.